The Morgan fingerprint density at radius 2 is 1.80 bits per heavy atom. The molecule has 30 heavy (non-hydrogen) atoms. The molecule has 8 heteroatoms. The summed E-state index contributed by atoms with van der Waals surface area (Å²) in [6.45, 7) is -0.133. The largest absolute Gasteiger partial charge is 0.484 e. The van der Waals surface area contributed by atoms with E-state index in [9.17, 15) is 9.59 Å². The number of rotatable bonds is 7. The average molecular weight is 534 g/mol. The van der Waals surface area contributed by atoms with Crippen molar-refractivity contribution in [3.8, 4) is 5.75 Å². The standard InChI is InChI=1S/C22H17ClIN3O3/c23-17-4-2-6-19(12-17)26-21(28)14-30-20-9-7-15(8-10-20)13-25-27-22(29)16-3-1-5-18(24)11-16/h1-13H,14H2,(H,26,28)(H,27,29)/b25-13-. The molecule has 6 nitrogen and oxygen atoms in total. The molecule has 0 aromatic heterocycles. The van der Waals surface area contributed by atoms with Crippen molar-refractivity contribution in [2.45, 2.75) is 0 Å². The summed E-state index contributed by atoms with van der Waals surface area (Å²) in [5.41, 5.74) is 4.41. The van der Waals surface area contributed by atoms with E-state index in [1.54, 1.807) is 60.7 Å². The van der Waals surface area contributed by atoms with E-state index in [1.165, 1.54) is 6.21 Å². The Labute approximate surface area is 192 Å². The van der Waals surface area contributed by atoms with Crippen molar-refractivity contribution in [2.75, 3.05) is 11.9 Å². The van der Waals surface area contributed by atoms with Crippen molar-refractivity contribution < 1.29 is 14.3 Å². The second-order valence-electron chi connectivity index (χ2n) is 6.13. The topological polar surface area (TPSA) is 79.8 Å². The van der Waals surface area contributed by atoms with E-state index in [2.05, 4.69) is 38.4 Å². The third-order valence-corrected chi connectivity index (χ3v) is 4.73. The van der Waals surface area contributed by atoms with Gasteiger partial charge in [-0.25, -0.2) is 5.43 Å². The van der Waals surface area contributed by atoms with E-state index in [1.807, 2.05) is 12.1 Å². The number of hydrogen-bond acceptors (Lipinski definition) is 4. The lowest BCUT2D eigenvalue weighted by Crippen LogP contribution is -2.20. The zero-order valence-electron chi connectivity index (χ0n) is 15.6. The molecular formula is C22H17ClIN3O3. The smallest absolute Gasteiger partial charge is 0.271 e. The zero-order valence-corrected chi connectivity index (χ0v) is 18.6. The predicted molar refractivity (Wildman–Crippen MR) is 126 cm³/mol. The van der Waals surface area contributed by atoms with Gasteiger partial charge in [-0.15, -0.1) is 0 Å². The molecule has 0 aliphatic heterocycles. The third-order valence-electron chi connectivity index (χ3n) is 3.82. The van der Waals surface area contributed by atoms with Gasteiger partial charge < -0.3 is 10.1 Å². The van der Waals surface area contributed by atoms with Gasteiger partial charge in [0.05, 0.1) is 6.21 Å². The highest BCUT2D eigenvalue weighted by molar-refractivity contribution is 14.1. The maximum absolute atomic E-state index is 12.0. The predicted octanol–water partition coefficient (Wildman–Crippen LogP) is 4.73. The lowest BCUT2D eigenvalue weighted by Gasteiger charge is -2.08. The van der Waals surface area contributed by atoms with Crippen molar-refractivity contribution >= 4 is 57.9 Å². The molecule has 0 aliphatic rings. The van der Waals surface area contributed by atoms with E-state index >= 15 is 0 Å². The van der Waals surface area contributed by atoms with Gasteiger partial charge in [-0.3, -0.25) is 9.59 Å². The third kappa shape index (κ3) is 6.85. The molecule has 3 aromatic carbocycles. The van der Waals surface area contributed by atoms with E-state index in [0.717, 1.165) is 9.13 Å². The Kier molecular flexibility index (Phi) is 7.81. The minimum Gasteiger partial charge on any atom is -0.484 e. The summed E-state index contributed by atoms with van der Waals surface area (Å²) in [4.78, 5) is 24.0. The van der Waals surface area contributed by atoms with Gasteiger partial charge in [0, 0.05) is 19.8 Å². The van der Waals surface area contributed by atoms with Crippen LogP contribution in [0.5, 0.6) is 5.75 Å². The first-order chi connectivity index (χ1) is 14.5. The summed E-state index contributed by atoms with van der Waals surface area (Å²) >= 11 is 8.04. The van der Waals surface area contributed by atoms with E-state index in [0.29, 0.717) is 22.0 Å². The fourth-order valence-corrected chi connectivity index (χ4v) is 3.16. The second kappa shape index (κ2) is 10.7. The van der Waals surface area contributed by atoms with Crippen molar-refractivity contribution in [3.63, 3.8) is 0 Å². The summed E-state index contributed by atoms with van der Waals surface area (Å²) in [6.07, 6.45) is 1.53. The number of nitrogens with one attached hydrogen (secondary N) is 2. The van der Waals surface area contributed by atoms with Crippen LogP contribution in [-0.4, -0.2) is 24.6 Å². The Bertz CT molecular complexity index is 1070. The van der Waals surface area contributed by atoms with Crippen LogP contribution in [-0.2, 0) is 4.79 Å². The summed E-state index contributed by atoms with van der Waals surface area (Å²) in [7, 11) is 0. The highest BCUT2D eigenvalue weighted by Gasteiger charge is 2.05. The molecule has 0 saturated carbocycles. The number of benzene rings is 3. The molecule has 2 amide bonds. The minimum absolute atomic E-state index is 0.133. The Hall–Kier alpha value is -2.91. The van der Waals surface area contributed by atoms with Crippen LogP contribution in [0.25, 0.3) is 0 Å². The Balaban J connectivity index is 1.47. The lowest BCUT2D eigenvalue weighted by molar-refractivity contribution is -0.118. The number of carbonyl (C=O) groups is 2. The lowest BCUT2D eigenvalue weighted by atomic mass is 10.2. The highest BCUT2D eigenvalue weighted by Crippen LogP contribution is 2.15. The van der Waals surface area contributed by atoms with Crippen LogP contribution in [0.4, 0.5) is 5.69 Å². The maximum atomic E-state index is 12.0. The number of anilines is 1. The summed E-state index contributed by atoms with van der Waals surface area (Å²) in [5, 5.41) is 7.21. The number of carbonyl (C=O) groups excluding carboxylic acids is 2. The number of amides is 2. The van der Waals surface area contributed by atoms with Crippen molar-refractivity contribution in [3.05, 3.63) is 92.5 Å². The van der Waals surface area contributed by atoms with Crippen LogP contribution in [0.1, 0.15) is 15.9 Å². The maximum Gasteiger partial charge on any atom is 0.271 e. The molecule has 0 saturated heterocycles. The van der Waals surface area contributed by atoms with Crippen LogP contribution < -0.4 is 15.5 Å². The van der Waals surface area contributed by atoms with Crippen molar-refractivity contribution in [1.82, 2.24) is 5.43 Å². The first-order valence-corrected chi connectivity index (χ1v) is 10.3. The molecule has 0 unspecified atom stereocenters. The molecule has 0 spiro atoms. The molecular weight excluding hydrogens is 517 g/mol. The van der Waals surface area contributed by atoms with Gasteiger partial charge in [-0.2, -0.15) is 5.10 Å². The summed E-state index contributed by atoms with van der Waals surface area (Å²) < 4.78 is 6.45. The van der Waals surface area contributed by atoms with Crippen molar-refractivity contribution in [1.29, 1.82) is 0 Å². The van der Waals surface area contributed by atoms with E-state index in [4.69, 9.17) is 16.3 Å². The SMILES string of the molecule is O=C(COc1ccc(/C=N\NC(=O)c2cccc(I)c2)cc1)Nc1cccc(Cl)c1. The number of hydrogen-bond donors (Lipinski definition) is 2. The molecule has 0 aliphatic carbocycles. The zero-order chi connectivity index (χ0) is 21.3. The summed E-state index contributed by atoms with van der Waals surface area (Å²) in [6, 6.07) is 21.1. The van der Waals surface area contributed by atoms with Gasteiger partial charge in [-0.1, -0.05) is 23.7 Å². The minimum atomic E-state index is -0.291. The molecule has 2 N–H and O–H groups in total. The first kappa shape index (κ1) is 21.8. The van der Waals surface area contributed by atoms with Gasteiger partial charge in [0.15, 0.2) is 6.61 Å². The van der Waals surface area contributed by atoms with Gasteiger partial charge in [0.2, 0.25) is 0 Å². The number of ether oxygens (including phenoxy) is 1. The van der Waals surface area contributed by atoms with Crippen LogP contribution in [0.15, 0.2) is 77.9 Å². The van der Waals surface area contributed by atoms with Gasteiger partial charge in [-0.05, 0) is 88.8 Å². The monoisotopic (exact) mass is 533 g/mol. The quantitative estimate of drug-likeness (QED) is 0.262. The van der Waals surface area contributed by atoms with Gasteiger partial charge in [0.1, 0.15) is 5.75 Å². The molecule has 152 valence electrons. The molecule has 3 aromatic rings. The Morgan fingerprint density at radius 1 is 1.03 bits per heavy atom. The molecule has 0 bridgehead atoms. The average Bonchev–Trinajstić information content (AvgIpc) is 2.73. The first-order valence-electron chi connectivity index (χ1n) is 8.87. The Morgan fingerprint density at radius 3 is 2.53 bits per heavy atom. The van der Waals surface area contributed by atoms with Crippen molar-refractivity contribution in [2.24, 2.45) is 5.10 Å². The molecule has 0 radical (unpaired) electrons. The fourth-order valence-electron chi connectivity index (χ4n) is 2.42. The molecule has 3 rings (SSSR count). The van der Waals surface area contributed by atoms with Crippen LogP contribution in [0.2, 0.25) is 5.02 Å². The molecule has 0 fully saturated rings. The fraction of sp³-hybridized carbons (Fsp3) is 0.0455. The highest BCUT2D eigenvalue weighted by atomic mass is 127. The second-order valence-corrected chi connectivity index (χ2v) is 7.81. The van der Waals surface area contributed by atoms with E-state index in [-0.39, 0.29) is 18.4 Å². The van der Waals surface area contributed by atoms with Gasteiger partial charge >= 0.3 is 0 Å². The van der Waals surface area contributed by atoms with Crippen LogP contribution in [0, 0.1) is 3.57 Å². The number of halogens is 2. The van der Waals surface area contributed by atoms with Crippen LogP contribution >= 0.6 is 34.2 Å². The van der Waals surface area contributed by atoms with Crippen LogP contribution in [0.3, 0.4) is 0 Å². The molecule has 0 heterocycles. The van der Waals surface area contributed by atoms with E-state index < -0.39 is 0 Å². The molecule has 0 atom stereocenters. The van der Waals surface area contributed by atoms with Gasteiger partial charge in [0.25, 0.3) is 11.8 Å². The number of nitrogens with zero attached hydrogens (tertiary/aromatic N) is 1. The normalized spacial score (nSPS) is 10.6. The summed E-state index contributed by atoms with van der Waals surface area (Å²) in [5.74, 6) is -0.0343. The number of hydrazone groups is 1.